The molecule has 1 N–H and O–H groups in total. The number of nitrogens with one attached hydrogen (secondary N) is 1. The van der Waals surface area contributed by atoms with E-state index in [9.17, 15) is 16.8 Å². The molecule has 0 amide bonds. The molecule has 3 rings (SSSR count). The van der Waals surface area contributed by atoms with Crippen molar-refractivity contribution in [2.24, 2.45) is 0 Å². The first-order valence-corrected chi connectivity index (χ1v) is 11.8. The third-order valence-electron chi connectivity index (χ3n) is 4.50. The van der Waals surface area contributed by atoms with Gasteiger partial charge in [-0.25, -0.2) is 21.6 Å². The Balaban J connectivity index is 2.02. The van der Waals surface area contributed by atoms with Gasteiger partial charge in [-0.15, -0.1) is 0 Å². The van der Waals surface area contributed by atoms with Crippen LogP contribution >= 0.6 is 0 Å². The summed E-state index contributed by atoms with van der Waals surface area (Å²) in [4.78, 5) is -0.0520. The number of rotatable bonds is 5. The van der Waals surface area contributed by atoms with Crippen molar-refractivity contribution in [2.75, 3.05) is 6.26 Å². The average molecular weight is 404 g/mol. The molecule has 0 bridgehead atoms. The zero-order valence-electron chi connectivity index (χ0n) is 15.3. The Morgan fingerprint density at radius 2 is 1.56 bits per heavy atom. The van der Waals surface area contributed by atoms with Crippen molar-refractivity contribution in [3.8, 4) is 0 Å². The first kappa shape index (κ1) is 19.5. The number of hydrogen-bond donors (Lipinski definition) is 1. The second-order valence-electron chi connectivity index (χ2n) is 6.61. The maximum absolute atomic E-state index is 12.9. The highest BCUT2D eigenvalue weighted by atomic mass is 32.2. The van der Waals surface area contributed by atoms with Crippen LogP contribution in [-0.2, 0) is 19.9 Å². The lowest BCUT2D eigenvalue weighted by Crippen LogP contribution is -2.27. The Morgan fingerprint density at radius 3 is 2.26 bits per heavy atom. The van der Waals surface area contributed by atoms with Gasteiger partial charge in [0, 0.05) is 12.3 Å². The summed E-state index contributed by atoms with van der Waals surface area (Å²) in [7, 11) is -7.41. The number of sulfonamides is 1. The van der Waals surface area contributed by atoms with E-state index in [-0.39, 0.29) is 9.79 Å². The summed E-state index contributed by atoms with van der Waals surface area (Å²) in [6, 6.07) is 17.2. The molecule has 0 saturated heterocycles. The molecular weight excluding hydrogens is 382 g/mol. The molecule has 3 aromatic carbocycles. The minimum absolute atomic E-state index is 0.0220. The molecule has 0 aliphatic carbocycles. The van der Waals surface area contributed by atoms with Gasteiger partial charge in [0.05, 0.1) is 9.79 Å². The summed E-state index contributed by atoms with van der Waals surface area (Å²) in [5.41, 5.74) is 1.34. The summed E-state index contributed by atoms with van der Waals surface area (Å²) >= 11 is 0. The predicted octanol–water partition coefficient (Wildman–Crippen LogP) is 3.59. The molecular formula is C20H21NO4S2. The number of fused-ring (bicyclic) bond motifs is 1. The van der Waals surface area contributed by atoms with Crippen LogP contribution in [0.5, 0.6) is 0 Å². The van der Waals surface area contributed by atoms with E-state index >= 15 is 0 Å². The molecule has 0 fully saturated rings. The van der Waals surface area contributed by atoms with Gasteiger partial charge in [0.15, 0.2) is 9.84 Å². The van der Waals surface area contributed by atoms with Crippen LogP contribution in [0.25, 0.3) is 10.8 Å². The van der Waals surface area contributed by atoms with Crippen molar-refractivity contribution in [1.29, 1.82) is 0 Å². The van der Waals surface area contributed by atoms with E-state index in [1.54, 1.807) is 13.8 Å². The third-order valence-corrected chi connectivity index (χ3v) is 7.29. The Morgan fingerprint density at radius 1 is 0.889 bits per heavy atom. The standard InChI is InChI=1S/C20H21NO4S2/c1-14-11-12-17(26(3,22)23)13-20(14)27(24,25)21-15(2)18-10-6-8-16-7-4-5-9-19(16)18/h4-13,15,21H,1-3H3. The largest absolute Gasteiger partial charge is 0.241 e. The second kappa shape index (κ2) is 7.07. The molecule has 142 valence electrons. The fraction of sp³-hybridized carbons (Fsp3) is 0.200. The molecule has 0 radical (unpaired) electrons. The van der Waals surface area contributed by atoms with Crippen LogP contribution in [0, 0.1) is 6.92 Å². The van der Waals surface area contributed by atoms with Crippen molar-refractivity contribution < 1.29 is 16.8 Å². The van der Waals surface area contributed by atoms with Gasteiger partial charge in [0.25, 0.3) is 0 Å². The van der Waals surface area contributed by atoms with Crippen molar-refractivity contribution in [1.82, 2.24) is 4.72 Å². The van der Waals surface area contributed by atoms with E-state index in [4.69, 9.17) is 0 Å². The Kier molecular flexibility index (Phi) is 5.12. The number of aryl methyl sites for hydroxylation is 1. The van der Waals surface area contributed by atoms with E-state index in [0.717, 1.165) is 22.6 Å². The highest BCUT2D eigenvalue weighted by molar-refractivity contribution is 7.91. The number of sulfone groups is 1. The van der Waals surface area contributed by atoms with Gasteiger partial charge < -0.3 is 0 Å². The molecule has 0 heterocycles. The topological polar surface area (TPSA) is 80.3 Å². The molecule has 0 aliphatic heterocycles. The van der Waals surface area contributed by atoms with Crippen LogP contribution in [0.4, 0.5) is 0 Å². The lowest BCUT2D eigenvalue weighted by Gasteiger charge is -2.18. The fourth-order valence-corrected chi connectivity index (χ4v) is 5.30. The van der Waals surface area contributed by atoms with Gasteiger partial charge in [0.1, 0.15) is 0 Å². The second-order valence-corrected chi connectivity index (χ2v) is 10.3. The number of hydrogen-bond acceptors (Lipinski definition) is 4. The normalized spacial score (nSPS) is 13.6. The summed E-state index contributed by atoms with van der Waals surface area (Å²) in [5.74, 6) is 0. The minimum Gasteiger partial charge on any atom is -0.224 e. The Hall–Kier alpha value is -2.22. The quantitative estimate of drug-likeness (QED) is 0.706. The molecule has 1 unspecified atom stereocenters. The van der Waals surface area contributed by atoms with E-state index in [1.165, 1.54) is 18.2 Å². The van der Waals surface area contributed by atoms with Crippen LogP contribution in [0.2, 0.25) is 0 Å². The van der Waals surface area contributed by atoms with E-state index < -0.39 is 25.9 Å². The van der Waals surface area contributed by atoms with Crippen LogP contribution in [-0.4, -0.2) is 23.1 Å². The monoisotopic (exact) mass is 403 g/mol. The average Bonchev–Trinajstić information content (AvgIpc) is 2.60. The highest BCUT2D eigenvalue weighted by Crippen LogP contribution is 2.27. The van der Waals surface area contributed by atoms with Gasteiger partial charge in [-0.05, 0) is 47.9 Å². The lowest BCUT2D eigenvalue weighted by atomic mass is 10.0. The van der Waals surface area contributed by atoms with Crippen molar-refractivity contribution in [2.45, 2.75) is 29.7 Å². The van der Waals surface area contributed by atoms with Crippen LogP contribution in [0.1, 0.15) is 24.1 Å². The molecule has 7 heteroatoms. The Bertz CT molecular complexity index is 1210. The molecule has 0 aliphatic rings. The maximum Gasteiger partial charge on any atom is 0.241 e. The van der Waals surface area contributed by atoms with Gasteiger partial charge >= 0.3 is 0 Å². The van der Waals surface area contributed by atoms with Gasteiger partial charge in [-0.3, -0.25) is 0 Å². The summed E-state index contributed by atoms with van der Waals surface area (Å²) in [6.07, 6.45) is 1.06. The predicted molar refractivity (Wildman–Crippen MR) is 107 cm³/mol. The number of benzene rings is 3. The Labute approximate surface area is 160 Å². The minimum atomic E-state index is -3.90. The van der Waals surface area contributed by atoms with Crippen molar-refractivity contribution in [3.05, 3.63) is 71.8 Å². The van der Waals surface area contributed by atoms with Crippen molar-refractivity contribution >= 4 is 30.6 Å². The first-order valence-electron chi connectivity index (χ1n) is 8.40. The molecule has 3 aromatic rings. The fourth-order valence-electron chi connectivity index (χ4n) is 3.09. The van der Waals surface area contributed by atoms with Crippen molar-refractivity contribution in [3.63, 3.8) is 0 Å². The molecule has 27 heavy (non-hydrogen) atoms. The van der Waals surface area contributed by atoms with Crippen LogP contribution in [0.3, 0.4) is 0 Å². The SMILES string of the molecule is Cc1ccc(S(C)(=O)=O)cc1S(=O)(=O)NC(C)c1cccc2ccccc12. The summed E-state index contributed by atoms with van der Waals surface area (Å²) < 4.78 is 52.2. The molecule has 1 atom stereocenters. The zero-order valence-corrected chi connectivity index (χ0v) is 16.9. The van der Waals surface area contributed by atoms with Crippen LogP contribution in [0.15, 0.2) is 70.5 Å². The van der Waals surface area contributed by atoms with Gasteiger partial charge in [-0.1, -0.05) is 48.5 Å². The summed E-state index contributed by atoms with van der Waals surface area (Å²) in [6.45, 7) is 3.41. The van der Waals surface area contributed by atoms with E-state index in [2.05, 4.69) is 4.72 Å². The molecule has 5 nitrogen and oxygen atoms in total. The third kappa shape index (κ3) is 4.05. The van der Waals surface area contributed by atoms with Crippen LogP contribution < -0.4 is 4.72 Å². The zero-order chi connectivity index (χ0) is 19.8. The smallest absolute Gasteiger partial charge is 0.224 e. The highest BCUT2D eigenvalue weighted by Gasteiger charge is 2.23. The molecule has 0 spiro atoms. The molecule has 0 aromatic heterocycles. The maximum atomic E-state index is 12.9. The first-order chi connectivity index (χ1) is 12.6. The molecule has 0 saturated carbocycles. The van der Waals surface area contributed by atoms with Gasteiger partial charge in [0.2, 0.25) is 10.0 Å². The van der Waals surface area contributed by atoms with E-state index in [1.807, 2.05) is 42.5 Å². The van der Waals surface area contributed by atoms with E-state index in [0.29, 0.717) is 5.56 Å². The summed E-state index contributed by atoms with van der Waals surface area (Å²) in [5, 5.41) is 1.99. The lowest BCUT2D eigenvalue weighted by molar-refractivity contribution is 0.566. The van der Waals surface area contributed by atoms with Gasteiger partial charge in [-0.2, -0.15) is 0 Å².